The van der Waals surface area contributed by atoms with Crippen LogP contribution in [0.25, 0.3) is 0 Å². The fourth-order valence-electron chi connectivity index (χ4n) is 4.13. The van der Waals surface area contributed by atoms with Gasteiger partial charge in [-0.2, -0.15) is 0 Å². The van der Waals surface area contributed by atoms with Gasteiger partial charge in [0.2, 0.25) is 0 Å². The summed E-state index contributed by atoms with van der Waals surface area (Å²) in [5.41, 5.74) is 0. The molecule has 27 heavy (non-hydrogen) atoms. The molecular weight excluding hydrogens is 326 g/mol. The molecule has 0 saturated carbocycles. The van der Waals surface area contributed by atoms with Gasteiger partial charge < -0.3 is 4.48 Å². The third-order valence-corrected chi connectivity index (χ3v) is 6.16. The molecule has 0 aliphatic rings. The van der Waals surface area contributed by atoms with E-state index in [0.29, 0.717) is 0 Å². The normalized spacial score (nSPS) is 12.2. The van der Waals surface area contributed by atoms with E-state index in [1.54, 1.807) is 0 Å². The van der Waals surface area contributed by atoms with Gasteiger partial charge in [-0.3, -0.25) is 0 Å². The summed E-state index contributed by atoms with van der Waals surface area (Å²) >= 11 is 0. The lowest BCUT2D eigenvalue weighted by Gasteiger charge is -2.30. The monoisotopic (exact) mass is 382 g/mol. The summed E-state index contributed by atoms with van der Waals surface area (Å²) < 4.78 is 1.23. The predicted octanol–water partition coefficient (Wildman–Crippen LogP) is 8.76. The molecule has 0 N–H and O–H groups in total. The standard InChI is InChI=1S/C26H56N/c1-6-7-8-9-10-11-12-13-14-15-16-17-18-19-20-21-24-27(4,5)25-22-23-26(2)3/h26H,6-25H2,1-5H3/q+1. The minimum atomic E-state index is 0.862. The molecule has 1 heteroatoms. The fraction of sp³-hybridized carbons (Fsp3) is 1.00. The SMILES string of the molecule is CCCCCCCCCCCCCCCCCC[N+](C)(C)CCCC(C)C. The second-order valence-corrected chi connectivity index (χ2v) is 10.2. The van der Waals surface area contributed by atoms with E-state index in [1.807, 2.05) is 0 Å². The highest BCUT2D eigenvalue weighted by Crippen LogP contribution is 2.14. The molecule has 0 fully saturated rings. The number of hydrogen-bond acceptors (Lipinski definition) is 0. The largest absolute Gasteiger partial charge is 0.328 e. The van der Waals surface area contributed by atoms with Crippen LogP contribution in [-0.2, 0) is 0 Å². The van der Waals surface area contributed by atoms with Crippen LogP contribution in [0.15, 0.2) is 0 Å². The highest BCUT2D eigenvalue weighted by atomic mass is 15.3. The Kier molecular flexibility index (Phi) is 19.3. The second-order valence-electron chi connectivity index (χ2n) is 10.2. The molecule has 0 aliphatic heterocycles. The Morgan fingerprint density at radius 3 is 1.19 bits per heavy atom. The van der Waals surface area contributed by atoms with Crippen molar-refractivity contribution >= 4 is 0 Å². The van der Waals surface area contributed by atoms with Crippen LogP contribution in [0.1, 0.15) is 136 Å². The van der Waals surface area contributed by atoms with Crippen molar-refractivity contribution < 1.29 is 4.48 Å². The van der Waals surface area contributed by atoms with Gasteiger partial charge in [0.15, 0.2) is 0 Å². The van der Waals surface area contributed by atoms with Crippen molar-refractivity contribution in [3.05, 3.63) is 0 Å². The zero-order chi connectivity index (χ0) is 20.2. The Balaban J connectivity index is 3.22. The van der Waals surface area contributed by atoms with Crippen molar-refractivity contribution in [1.29, 1.82) is 0 Å². The van der Waals surface area contributed by atoms with Crippen molar-refractivity contribution in [2.75, 3.05) is 27.2 Å². The lowest BCUT2D eigenvalue weighted by atomic mass is 10.0. The van der Waals surface area contributed by atoms with Gasteiger partial charge >= 0.3 is 0 Å². The molecule has 0 amide bonds. The minimum absolute atomic E-state index is 0.862. The van der Waals surface area contributed by atoms with Crippen molar-refractivity contribution in [3.8, 4) is 0 Å². The Labute approximate surface area is 174 Å². The minimum Gasteiger partial charge on any atom is -0.328 e. The van der Waals surface area contributed by atoms with Gasteiger partial charge in [0, 0.05) is 0 Å². The summed E-state index contributed by atoms with van der Waals surface area (Å²) in [6.07, 6.45) is 26.2. The van der Waals surface area contributed by atoms with Gasteiger partial charge in [-0.1, -0.05) is 111 Å². The van der Waals surface area contributed by atoms with Crippen LogP contribution < -0.4 is 0 Å². The quantitative estimate of drug-likeness (QED) is 0.137. The third-order valence-electron chi connectivity index (χ3n) is 6.16. The van der Waals surface area contributed by atoms with E-state index in [4.69, 9.17) is 0 Å². The highest BCUT2D eigenvalue weighted by molar-refractivity contribution is 4.50. The molecule has 0 rings (SSSR count). The third kappa shape index (κ3) is 22.1. The summed E-state index contributed by atoms with van der Waals surface area (Å²) in [6.45, 7) is 9.72. The molecule has 0 aliphatic carbocycles. The number of unbranched alkanes of at least 4 members (excludes halogenated alkanes) is 15. The molecule has 0 aromatic heterocycles. The smallest absolute Gasteiger partial charge is 0.0782 e. The molecule has 1 nitrogen and oxygen atoms in total. The van der Waals surface area contributed by atoms with E-state index in [9.17, 15) is 0 Å². The van der Waals surface area contributed by atoms with Crippen molar-refractivity contribution in [2.45, 2.75) is 136 Å². The maximum Gasteiger partial charge on any atom is 0.0782 e. The maximum atomic E-state index is 2.42. The zero-order valence-electron chi connectivity index (χ0n) is 20.2. The van der Waals surface area contributed by atoms with Crippen molar-refractivity contribution in [1.82, 2.24) is 0 Å². The number of hydrogen-bond donors (Lipinski definition) is 0. The molecule has 0 spiro atoms. The van der Waals surface area contributed by atoms with Gasteiger partial charge in [0.25, 0.3) is 0 Å². The van der Waals surface area contributed by atoms with Crippen LogP contribution in [0.5, 0.6) is 0 Å². The number of quaternary nitrogens is 1. The molecule has 0 unspecified atom stereocenters. The van der Waals surface area contributed by atoms with Crippen LogP contribution in [0.2, 0.25) is 0 Å². The lowest BCUT2D eigenvalue weighted by molar-refractivity contribution is -0.890. The summed E-state index contributed by atoms with van der Waals surface area (Å²) in [6, 6.07) is 0. The van der Waals surface area contributed by atoms with E-state index in [-0.39, 0.29) is 0 Å². The molecule has 0 saturated heterocycles. The predicted molar refractivity (Wildman–Crippen MR) is 125 cm³/mol. The Morgan fingerprint density at radius 2 is 0.815 bits per heavy atom. The average molecular weight is 383 g/mol. The van der Waals surface area contributed by atoms with Crippen LogP contribution in [-0.4, -0.2) is 31.7 Å². The Hall–Kier alpha value is -0.0400. The summed E-state index contributed by atoms with van der Waals surface area (Å²) in [5.74, 6) is 0.862. The molecule has 0 aromatic carbocycles. The molecule has 0 bridgehead atoms. The number of nitrogens with zero attached hydrogens (tertiary/aromatic N) is 1. The summed E-state index contributed by atoms with van der Waals surface area (Å²) in [5, 5.41) is 0. The fourth-order valence-corrected chi connectivity index (χ4v) is 4.13. The highest BCUT2D eigenvalue weighted by Gasteiger charge is 2.13. The van der Waals surface area contributed by atoms with E-state index in [2.05, 4.69) is 34.9 Å². The number of rotatable bonds is 21. The molecule has 0 radical (unpaired) electrons. The second kappa shape index (κ2) is 19.3. The van der Waals surface area contributed by atoms with Gasteiger partial charge in [-0.15, -0.1) is 0 Å². The van der Waals surface area contributed by atoms with E-state index >= 15 is 0 Å². The van der Waals surface area contributed by atoms with Gasteiger partial charge in [-0.25, -0.2) is 0 Å². The van der Waals surface area contributed by atoms with E-state index in [0.717, 1.165) is 5.92 Å². The molecule has 0 aromatic rings. The molecular formula is C26H56N+. The van der Waals surface area contributed by atoms with Crippen LogP contribution in [0, 0.1) is 5.92 Å². The Bertz CT molecular complexity index is 282. The average Bonchev–Trinajstić information content (AvgIpc) is 2.60. The lowest BCUT2D eigenvalue weighted by Crippen LogP contribution is -2.41. The van der Waals surface area contributed by atoms with Gasteiger partial charge in [0.1, 0.15) is 0 Å². The van der Waals surface area contributed by atoms with Crippen molar-refractivity contribution in [2.24, 2.45) is 5.92 Å². The van der Waals surface area contributed by atoms with E-state index < -0.39 is 0 Å². The van der Waals surface area contributed by atoms with Gasteiger partial charge in [-0.05, 0) is 31.6 Å². The summed E-state index contributed by atoms with van der Waals surface area (Å²) in [7, 11) is 4.84. The van der Waals surface area contributed by atoms with Crippen LogP contribution in [0.3, 0.4) is 0 Å². The topological polar surface area (TPSA) is 0 Å². The first-order valence-electron chi connectivity index (χ1n) is 12.8. The molecule has 0 heterocycles. The van der Waals surface area contributed by atoms with Crippen molar-refractivity contribution in [3.63, 3.8) is 0 Å². The maximum absolute atomic E-state index is 2.42. The van der Waals surface area contributed by atoms with E-state index in [1.165, 1.54) is 133 Å². The molecule has 0 atom stereocenters. The van der Waals surface area contributed by atoms with Crippen LogP contribution >= 0.6 is 0 Å². The Morgan fingerprint density at radius 1 is 0.481 bits per heavy atom. The van der Waals surface area contributed by atoms with Gasteiger partial charge in [0.05, 0.1) is 27.2 Å². The zero-order valence-corrected chi connectivity index (χ0v) is 20.2. The van der Waals surface area contributed by atoms with Crippen LogP contribution in [0.4, 0.5) is 0 Å². The first-order valence-corrected chi connectivity index (χ1v) is 12.8. The summed E-state index contributed by atoms with van der Waals surface area (Å²) in [4.78, 5) is 0. The first kappa shape index (κ1) is 27.0. The molecule has 164 valence electrons. The first-order chi connectivity index (χ1) is 13.0.